The maximum Gasteiger partial charge on any atom is 0.405 e. The number of hydrogen-bond acceptors (Lipinski definition) is 4. The maximum atomic E-state index is 12.4. The minimum absolute atomic E-state index is 0.0537. The van der Waals surface area contributed by atoms with Crippen molar-refractivity contribution < 1.29 is 32.7 Å². The highest BCUT2D eigenvalue weighted by atomic mass is 79.9. The second-order valence-electron chi connectivity index (χ2n) is 3.59. The summed E-state index contributed by atoms with van der Waals surface area (Å²) in [6.07, 6.45) is -5.01. The number of carboxylic acid groups (broad SMARTS) is 1. The van der Waals surface area contributed by atoms with Gasteiger partial charge in [0.2, 0.25) is 5.75 Å². The molecule has 1 unspecified atom stereocenters. The number of carboxylic acids is 1. The number of benzene rings is 1. The van der Waals surface area contributed by atoms with Crippen LogP contribution in [0.4, 0.5) is 18.9 Å². The Hall–Kier alpha value is -1.84. The number of para-hydroxylation sites is 1. The fourth-order valence-corrected chi connectivity index (χ4v) is 1.73. The molecule has 1 aromatic carbocycles. The average molecular weight is 358 g/mol. The van der Waals surface area contributed by atoms with Crippen LogP contribution in [0, 0.1) is 16.0 Å². The first-order valence-electron chi connectivity index (χ1n) is 4.99. The molecule has 0 heterocycles. The Morgan fingerprint density at radius 3 is 2.55 bits per heavy atom. The van der Waals surface area contributed by atoms with Crippen molar-refractivity contribution >= 4 is 27.6 Å². The number of aliphatic carboxylic acids is 1. The highest BCUT2D eigenvalue weighted by molar-refractivity contribution is 9.10. The zero-order valence-electron chi connectivity index (χ0n) is 9.56. The lowest BCUT2D eigenvalue weighted by molar-refractivity contribution is -0.386. The number of nitro groups is 1. The van der Waals surface area contributed by atoms with Crippen molar-refractivity contribution in [3.8, 4) is 5.75 Å². The van der Waals surface area contributed by atoms with Crippen LogP contribution in [0.3, 0.4) is 0 Å². The summed E-state index contributed by atoms with van der Waals surface area (Å²) in [5.74, 6) is -5.34. The van der Waals surface area contributed by atoms with Crippen molar-refractivity contribution in [2.75, 3.05) is 6.61 Å². The first kappa shape index (κ1) is 16.2. The fourth-order valence-electron chi connectivity index (χ4n) is 1.26. The van der Waals surface area contributed by atoms with Crippen molar-refractivity contribution in [2.45, 2.75) is 6.18 Å². The van der Waals surface area contributed by atoms with E-state index in [1.165, 1.54) is 12.1 Å². The van der Waals surface area contributed by atoms with Gasteiger partial charge in [-0.1, -0.05) is 6.07 Å². The molecule has 0 amide bonds. The van der Waals surface area contributed by atoms with Crippen molar-refractivity contribution in [2.24, 2.45) is 5.92 Å². The average Bonchev–Trinajstić information content (AvgIpc) is 2.28. The Labute approximate surface area is 118 Å². The summed E-state index contributed by atoms with van der Waals surface area (Å²) in [5.41, 5.74) is -0.564. The fraction of sp³-hybridized carbons (Fsp3) is 0.300. The molecule has 0 aliphatic carbocycles. The van der Waals surface area contributed by atoms with E-state index in [0.717, 1.165) is 6.07 Å². The van der Waals surface area contributed by atoms with Gasteiger partial charge in [-0.25, -0.2) is 0 Å². The van der Waals surface area contributed by atoms with Crippen molar-refractivity contribution in [1.82, 2.24) is 0 Å². The summed E-state index contributed by atoms with van der Waals surface area (Å²) < 4.78 is 42.0. The molecule has 6 nitrogen and oxygen atoms in total. The lowest BCUT2D eigenvalue weighted by Crippen LogP contribution is -2.35. The Morgan fingerprint density at radius 1 is 1.50 bits per heavy atom. The molecule has 0 aromatic heterocycles. The molecule has 1 aromatic rings. The van der Waals surface area contributed by atoms with E-state index in [9.17, 15) is 28.1 Å². The molecule has 0 aliphatic heterocycles. The molecule has 1 atom stereocenters. The minimum Gasteiger partial charge on any atom is -0.485 e. The van der Waals surface area contributed by atoms with Gasteiger partial charge < -0.3 is 9.84 Å². The van der Waals surface area contributed by atoms with Crippen LogP contribution in [0.1, 0.15) is 0 Å². The SMILES string of the molecule is O=C(O)C(COc1c(Br)cccc1[N+](=O)[O-])C(F)(F)F. The number of nitrogens with zero attached hydrogens (tertiary/aromatic N) is 1. The van der Waals surface area contributed by atoms with Crippen LogP contribution in [0.15, 0.2) is 22.7 Å². The summed E-state index contributed by atoms with van der Waals surface area (Å²) in [5, 5.41) is 19.2. The van der Waals surface area contributed by atoms with Gasteiger partial charge in [-0.15, -0.1) is 0 Å². The normalized spacial score (nSPS) is 12.8. The molecule has 0 aliphatic rings. The molecule has 10 heteroatoms. The van der Waals surface area contributed by atoms with Gasteiger partial charge in [0.15, 0.2) is 5.92 Å². The number of nitro benzene ring substituents is 1. The number of carbonyl (C=O) groups is 1. The Balaban J connectivity index is 3.00. The monoisotopic (exact) mass is 357 g/mol. The van der Waals surface area contributed by atoms with Crippen molar-refractivity contribution in [1.29, 1.82) is 0 Å². The standard InChI is InChI=1S/C10H7BrF3NO5/c11-6-2-1-3-7(15(18)19)8(6)20-4-5(9(16)17)10(12,13)14/h1-3,5H,4H2,(H,16,17). The highest BCUT2D eigenvalue weighted by Crippen LogP contribution is 2.36. The molecule has 0 fully saturated rings. The van der Waals surface area contributed by atoms with Crippen LogP contribution in [0.25, 0.3) is 0 Å². The van der Waals surface area contributed by atoms with E-state index in [1.54, 1.807) is 0 Å². The van der Waals surface area contributed by atoms with Gasteiger partial charge in [0.1, 0.15) is 6.61 Å². The van der Waals surface area contributed by atoms with Gasteiger partial charge in [-0.05, 0) is 22.0 Å². The molecule has 1 rings (SSSR count). The van der Waals surface area contributed by atoms with E-state index in [0.29, 0.717) is 0 Å². The van der Waals surface area contributed by atoms with Crippen LogP contribution >= 0.6 is 15.9 Å². The maximum absolute atomic E-state index is 12.4. The Bertz CT molecular complexity index is 534. The molecular weight excluding hydrogens is 351 g/mol. The number of halogens is 4. The summed E-state index contributed by atoms with van der Waals surface area (Å²) in [6, 6.07) is 3.66. The molecule has 20 heavy (non-hydrogen) atoms. The number of rotatable bonds is 5. The van der Waals surface area contributed by atoms with Gasteiger partial charge >= 0.3 is 17.8 Å². The van der Waals surface area contributed by atoms with E-state index in [-0.39, 0.29) is 4.47 Å². The van der Waals surface area contributed by atoms with Crippen LogP contribution in [-0.2, 0) is 4.79 Å². The second kappa shape index (κ2) is 6.07. The number of alkyl halides is 3. The van der Waals surface area contributed by atoms with Gasteiger partial charge in [0.25, 0.3) is 0 Å². The van der Waals surface area contributed by atoms with E-state index in [2.05, 4.69) is 20.7 Å². The smallest absolute Gasteiger partial charge is 0.405 e. The third-order valence-electron chi connectivity index (χ3n) is 2.23. The minimum atomic E-state index is -5.01. The molecular formula is C10H7BrF3NO5. The van der Waals surface area contributed by atoms with E-state index in [4.69, 9.17) is 5.11 Å². The molecule has 110 valence electrons. The van der Waals surface area contributed by atoms with Crippen molar-refractivity contribution in [3.05, 3.63) is 32.8 Å². The van der Waals surface area contributed by atoms with Crippen LogP contribution < -0.4 is 4.74 Å². The third-order valence-corrected chi connectivity index (χ3v) is 2.85. The van der Waals surface area contributed by atoms with Crippen LogP contribution in [0.2, 0.25) is 0 Å². The second-order valence-corrected chi connectivity index (χ2v) is 4.44. The number of ether oxygens (including phenoxy) is 1. The molecule has 0 saturated carbocycles. The van der Waals surface area contributed by atoms with Gasteiger partial charge in [-0.2, -0.15) is 13.2 Å². The predicted molar refractivity (Wildman–Crippen MR) is 63.5 cm³/mol. The van der Waals surface area contributed by atoms with Gasteiger partial charge in [-0.3, -0.25) is 14.9 Å². The zero-order valence-corrected chi connectivity index (χ0v) is 11.1. The van der Waals surface area contributed by atoms with Gasteiger partial charge in [0, 0.05) is 6.07 Å². The van der Waals surface area contributed by atoms with Gasteiger partial charge in [0.05, 0.1) is 9.40 Å². The largest absolute Gasteiger partial charge is 0.485 e. The summed E-state index contributed by atoms with van der Waals surface area (Å²) in [4.78, 5) is 20.4. The number of hydrogen-bond donors (Lipinski definition) is 1. The van der Waals surface area contributed by atoms with Crippen LogP contribution in [-0.4, -0.2) is 28.8 Å². The molecule has 0 bridgehead atoms. The van der Waals surface area contributed by atoms with E-state index >= 15 is 0 Å². The molecule has 1 N–H and O–H groups in total. The summed E-state index contributed by atoms with van der Waals surface area (Å²) in [6.45, 7) is -1.26. The van der Waals surface area contributed by atoms with Crippen LogP contribution in [0.5, 0.6) is 5.75 Å². The summed E-state index contributed by atoms with van der Waals surface area (Å²) >= 11 is 2.89. The third kappa shape index (κ3) is 3.83. The lowest BCUT2D eigenvalue weighted by Gasteiger charge is -2.17. The Kier molecular flexibility index (Phi) is 4.93. The summed E-state index contributed by atoms with van der Waals surface area (Å²) in [7, 11) is 0. The zero-order chi connectivity index (χ0) is 15.5. The Morgan fingerprint density at radius 2 is 2.10 bits per heavy atom. The topological polar surface area (TPSA) is 89.7 Å². The molecule has 0 spiro atoms. The quantitative estimate of drug-likeness (QED) is 0.646. The first-order valence-corrected chi connectivity index (χ1v) is 5.79. The molecule has 0 saturated heterocycles. The first-order chi connectivity index (χ1) is 9.14. The highest BCUT2D eigenvalue weighted by Gasteiger charge is 2.46. The van der Waals surface area contributed by atoms with Crippen molar-refractivity contribution in [3.63, 3.8) is 0 Å². The lowest BCUT2D eigenvalue weighted by atomic mass is 10.1. The van der Waals surface area contributed by atoms with E-state index in [1.807, 2.05) is 0 Å². The predicted octanol–water partition coefficient (Wildman–Crippen LogP) is 3.00. The molecule has 0 radical (unpaired) electrons. The van der Waals surface area contributed by atoms with E-state index < -0.39 is 41.0 Å².